The molecule has 3 atom stereocenters. The molecule has 0 spiro atoms. The number of alkyl carbamates (subject to hydrolysis) is 1. The van der Waals surface area contributed by atoms with Gasteiger partial charge in [-0.1, -0.05) is 48.5 Å². The minimum absolute atomic E-state index is 0.0257. The molecule has 1 aliphatic carbocycles. The minimum atomic E-state index is -1.55. The van der Waals surface area contributed by atoms with Crippen molar-refractivity contribution in [1.29, 1.82) is 0 Å². The van der Waals surface area contributed by atoms with Gasteiger partial charge in [0.1, 0.15) is 12.7 Å². The van der Waals surface area contributed by atoms with Gasteiger partial charge in [0.25, 0.3) is 0 Å². The number of hydrogen-bond acceptors (Lipinski definition) is 6. The molecule has 0 aromatic heterocycles. The number of amides is 2. The number of fused-ring (bicyclic) bond motifs is 3. The van der Waals surface area contributed by atoms with Crippen LogP contribution in [0.5, 0.6) is 0 Å². The van der Waals surface area contributed by atoms with Crippen molar-refractivity contribution < 1.29 is 34.1 Å². The Bertz CT molecular complexity index is 1060. The minimum Gasteiger partial charge on any atom is -0.481 e. The zero-order chi connectivity index (χ0) is 25.0. The highest BCUT2D eigenvalue weighted by molar-refractivity contribution is 5.81. The summed E-state index contributed by atoms with van der Waals surface area (Å²) in [5.41, 5.74) is 3.04. The Morgan fingerprint density at radius 2 is 1.66 bits per heavy atom. The standard InChI is InChI=1S/C26H30N2O7/c1-26(33,12-23(29)30)15-28-24(31)22-11-10-16(35-22)13-27-25(32)34-14-21-19-8-4-2-6-17(19)18-7-3-5-9-20(18)21/h2-9,16,21-22,33H,10-15H2,1H3,(H,27,32)(H,28,31)(H,29,30). The van der Waals surface area contributed by atoms with Gasteiger partial charge in [-0.05, 0) is 42.0 Å². The Morgan fingerprint density at radius 3 is 2.29 bits per heavy atom. The monoisotopic (exact) mass is 482 g/mol. The van der Waals surface area contributed by atoms with E-state index in [4.69, 9.17) is 14.6 Å². The first-order valence-corrected chi connectivity index (χ1v) is 11.7. The zero-order valence-corrected chi connectivity index (χ0v) is 19.5. The number of carbonyl (C=O) groups is 3. The summed E-state index contributed by atoms with van der Waals surface area (Å²) in [5.74, 6) is -1.60. The fourth-order valence-electron chi connectivity index (χ4n) is 4.67. The van der Waals surface area contributed by atoms with Crippen LogP contribution in [0.3, 0.4) is 0 Å². The normalized spacial score (nSPS) is 20.4. The number of hydrogen-bond donors (Lipinski definition) is 4. The largest absolute Gasteiger partial charge is 0.481 e. The lowest BCUT2D eigenvalue weighted by atomic mass is 9.98. The van der Waals surface area contributed by atoms with Gasteiger partial charge in [-0.3, -0.25) is 9.59 Å². The average molecular weight is 483 g/mol. The number of aliphatic carboxylic acids is 1. The second kappa shape index (κ2) is 10.5. The van der Waals surface area contributed by atoms with Crippen molar-refractivity contribution in [1.82, 2.24) is 10.6 Å². The van der Waals surface area contributed by atoms with Crippen molar-refractivity contribution in [3.63, 3.8) is 0 Å². The number of ether oxygens (including phenoxy) is 2. The first-order chi connectivity index (χ1) is 16.7. The maximum atomic E-state index is 12.4. The molecule has 1 saturated heterocycles. The van der Waals surface area contributed by atoms with Gasteiger partial charge in [0, 0.05) is 19.0 Å². The summed E-state index contributed by atoms with van der Waals surface area (Å²) in [6.45, 7) is 1.57. The summed E-state index contributed by atoms with van der Waals surface area (Å²) in [4.78, 5) is 35.4. The van der Waals surface area contributed by atoms with Crippen LogP contribution in [-0.4, -0.2) is 65.7 Å². The average Bonchev–Trinajstić information content (AvgIpc) is 3.42. The van der Waals surface area contributed by atoms with Crippen LogP contribution < -0.4 is 10.6 Å². The number of carboxylic acid groups (broad SMARTS) is 1. The Kier molecular flexibility index (Phi) is 7.37. The van der Waals surface area contributed by atoms with Gasteiger partial charge in [-0.2, -0.15) is 0 Å². The zero-order valence-electron chi connectivity index (χ0n) is 19.5. The molecule has 9 nitrogen and oxygen atoms in total. The molecule has 0 bridgehead atoms. The first-order valence-electron chi connectivity index (χ1n) is 11.7. The number of carbonyl (C=O) groups excluding carboxylic acids is 2. The summed E-state index contributed by atoms with van der Waals surface area (Å²) < 4.78 is 11.2. The highest BCUT2D eigenvalue weighted by Gasteiger charge is 2.33. The van der Waals surface area contributed by atoms with Crippen molar-refractivity contribution in [2.45, 2.75) is 49.9 Å². The van der Waals surface area contributed by atoms with Crippen molar-refractivity contribution in [3.8, 4) is 11.1 Å². The molecule has 3 unspecified atom stereocenters. The highest BCUT2D eigenvalue weighted by atomic mass is 16.5. The molecule has 1 heterocycles. The number of nitrogens with one attached hydrogen (secondary N) is 2. The molecule has 35 heavy (non-hydrogen) atoms. The predicted molar refractivity (Wildman–Crippen MR) is 127 cm³/mol. The van der Waals surface area contributed by atoms with E-state index < -0.39 is 36.1 Å². The highest BCUT2D eigenvalue weighted by Crippen LogP contribution is 2.44. The molecule has 2 aromatic carbocycles. The summed E-state index contributed by atoms with van der Waals surface area (Å²) >= 11 is 0. The maximum Gasteiger partial charge on any atom is 0.407 e. The molecule has 2 aliphatic rings. The van der Waals surface area contributed by atoms with Gasteiger partial charge in [0.2, 0.25) is 5.91 Å². The lowest BCUT2D eigenvalue weighted by molar-refractivity contribution is -0.143. The van der Waals surface area contributed by atoms with Crippen molar-refractivity contribution >= 4 is 18.0 Å². The summed E-state index contributed by atoms with van der Waals surface area (Å²) in [6, 6.07) is 16.2. The van der Waals surface area contributed by atoms with Crippen LogP contribution >= 0.6 is 0 Å². The molecule has 4 N–H and O–H groups in total. The van der Waals surface area contributed by atoms with Gasteiger partial charge in [-0.25, -0.2) is 4.79 Å². The van der Waals surface area contributed by atoms with Gasteiger partial charge in [-0.15, -0.1) is 0 Å². The van der Waals surface area contributed by atoms with E-state index in [1.807, 2.05) is 24.3 Å². The van der Waals surface area contributed by atoms with E-state index in [0.29, 0.717) is 12.8 Å². The summed E-state index contributed by atoms with van der Waals surface area (Å²) in [7, 11) is 0. The quantitative estimate of drug-likeness (QED) is 0.431. The lowest BCUT2D eigenvalue weighted by Gasteiger charge is -2.22. The van der Waals surface area contributed by atoms with Crippen LogP contribution in [0.2, 0.25) is 0 Å². The third-order valence-corrected chi connectivity index (χ3v) is 6.39. The maximum absolute atomic E-state index is 12.4. The van der Waals surface area contributed by atoms with Crippen LogP contribution in [-0.2, 0) is 19.1 Å². The van der Waals surface area contributed by atoms with Crippen LogP contribution in [0.25, 0.3) is 11.1 Å². The van der Waals surface area contributed by atoms with E-state index in [9.17, 15) is 19.5 Å². The molecule has 9 heteroatoms. The summed E-state index contributed by atoms with van der Waals surface area (Å²) in [6.07, 6.45) is -1.05. The predicted octanol–water partition coefficient (Wildman–Crippen LogP) is 2.41. The van der Waals surface area contributed by atoms with E-state index in [2.05, 4.69) is 34.9 Å². The Labute approximate surface area is 203 Å². The third-order valence-electron chi connectivity index (χ3n) is 6.39. The topological polar surface area (TPSA) is 134 Å². The molecule has 4 rings (SSSR count). The van der Waals surface area contributed by atoms with Crippen LogP contribution in [0, 0.1) is 0 Å². The molecule has 1 aliphatic heterocycles. The Balaban J connectivity index is 1.21. The van der Waals surface area contributed by atoms with Crippen LogP contribution in [0.1, 0.15) is 43.2 Å². The Hall–Kier alpha value is -3.43. The lowest BCUT2D eigenvalue weighted by Crippen LogP contribution is -2.45. The smallest absolute Gasteiger partial charge is 0.407 e. The van der Waals surface area contributed by atoms with Crippen molar-refractivity contribution in [2.75, 3.05) is 19.7 Å². The first kappa shape index (κ1) is 24.7. The Morgan fingerprint density at radius 1 is 1.03 bits per heavy atom. The fourth-order valence-corrected chi connectivity index (χ4v) is 4.67. The molecule has 2 amide bonds. The number of carboxylic acids is 1. The summed E-state index contributed by atoms with van der Waals surface area (Å²) in [5, 5.41) is 24.1. The van der Waals surface area contributed by atoms with Crippen molar-refractivity contribution in [3.05, 3.63) is 59.7 Å². The van der Waals surface area contributed by atoms with Gasteiger partial charge < -0.3 is 30.3 Å². The second-order valence-corrected chi connectivity index (χ2v) is 9.32. The molecule has 0 radical (unpaired) electrons. The molecule has 0 saturated carbocycles. The van der Waals surface area contributed by atoms with E-state index in [-0.39, 0.29) is 31.7 Å². The molecular weight excluding hydrogens is 452 g/mol. The van der Waals surface area contributed by atoms with Crippen LogP contribution in [0.4, 0.5) is 4.79 Å². The molecule has 186 valence electrons. The SMILES string of the molecule is CC(O)(CNC(=O)C1CCC(CNC(=O)OCC2c3ccccc3-c3ccccc32)O1)CC(=O)O. The van der Waals surface area contributed by atoms with E-state index in [0.717, 1.165) is 22.3 Å². The fraction of sp³-hybridized carbons (Fsp3) is 0.423. The molecular formula is C26H30N2O7. The number of aliphatic hydroxyl groups is 1. The van der Waals surface area contributed by atoms with Gasteiger partial charge >= 0.3 is 12.1 Å². The number of rotatable bonds is 9. The number of benzene rings is 2. The van der Waals surface area contributed by atoms with Crippen molar-refractivity contribution in [2.24, 2.45) is 0 Å². The third kappa shape index (κ3) is 5.98. The van der Waals surface area contributed by atoms with Crippen LogP contribution in [0.15, 0.2) is 48.5 Å². The molecule has 2 aromatic rings. The van der Waals surface area contributed by atoms with E-state index in [1.54, 1.807) is 0 Å². The van der Waals surface area contributed by atoms with E-state index >= 15 is 0 Å². The van der Waals surface area contributed by atoms with Gasteiger partial charge in [0.15, 0.2) is 0 Å². The molecule has 1 fully saturated rings. The second-order valence-electron chi connectivity index (χ2n) is 9.32. The van der Waals surface area contributed by atoms with E-state index in [1.165, 1.54) is 6.92 Å². The van der Waals surface area contributed by atoms with Gasteiger partial charge in [0.05, 0.1) is 18.1 Å².